The fraction of sp³-hybridized carbons (Fsp3) is 0.538. The van der Waals surface area contributed by atoms with Crippen LogP contribution in [0.15, 0.2) is 12.1 Å². The van der Waals surface area contributed by atoms with E-state index in [-0.39, 0.29) is 17.4 Å². The van der Waals surface area contributed by atoms with Gasteiger partial charge in [0.1, 0.15) is 13.2 Å². The molecule has 0 radical (unpaired) electrons. The molecule has 1 fully saturated rings. The van der Waals surface area contributed by atoms with Crippen molar-refractivity contribution >= 4 is 21.2 Å². The number of nitrogen functional groups attached to an aromatic ring is 1. The minimum atomic E-state index is -2.84. The third-order valence-corrected chi connectivity index (χ3v) is 5.46. The van der Waals surface area contributed by atoms with Crippen LogP contribution in [-0.4, -0.2) is 39.7 Å². The van der Waals surface area contributed by atoms with Gasteiger partial charge in [0.2, 0.25) is 0 Å². The van der Waals surface area contributed by atoms with Crippen molar-refractivity contribution in [2.24, 2.45) is 5.92 Å². The SMILES string of the molecule is Nc1cc2c(cc1NCC1CCS(=O)(=O)C1)OCCO2. The average molecular weight is 298 g/mol. The first-order valence-electron chi connectivity index (χ1n) is 6.67. The maximum absolute atomic E-state index is 11.4. The molecule has 110 valence electrons. The van der Waals surface area contributed by atoms with Gasteiger partial charge in [-0.3, -0.25) is 0 Å². The summed E-state index contributed by atoms with van der Waals surface area (Å²) in [4.78, 5) is 0. The van der Waals surface area contributed by atoms with E-state index in [1.807, 2.05) is 6.07 Å². The fourth-order valence-electron chi connectivity index (χ4n) is 2.54. The Morgan fingerprint density at radius 1 is 1.25 bits per heavy atom. The molecule has 2 heterocycles. The van der Waals surface area contributed by atoms with E-state index in [2.05, 4.69) is 5.32 Å². The summed E-state index contributed by atoms with van der Waals surface area (Å²) in [7, 11) is -2.84. The van der Waals surface area contributed by atoms with Crippen molar-refractivity contribution in [2.45, 2.75) is 6.42 Å². The van der Waals surface area contributed by atoms with E-state index in [0.717, 1.165) is 5.69 Å². The Hall–Kier alpha value is -1.63. The van der Waals surface area contributed by atoms with Gasteiger partial charge < -0.3 is 20.5 Å². The van der Waals surface area contributed by atoms with Gasteiger partial charge in [-0.05, 0) is 12.3 Å². The summed E-state index contributed by atoms with van der Waals surface area (Å²) in [5, 5.41) is 3.22. The van der Waals surface area contributed by atoms with Crippen LogP contribution >= 0.6 is 0 Å². The highest BCUT2D eigenvalue weighted by Gasteiger charge is 2.27. The molecule has 0 bridgehead atoms. The number of benzene rings is 1. The number of anilines is 2. The van der Waals surface area contributed by atoms with Crippen LogP contribution in [0, 0.1) is 5.92 Å². The predicted octanol–water partition coefficient (Wildman–Crippen LogP) is 0.887. The molecule has 2 aliphatic rings. The summed E-state index contributed by atoms with van der Waals surface area (Å²) in [5.74, 6) is 2.02. The summed E-state index contributed by atoms with van der Waals surface area (Å²) < 4.78 is 33.8. The number of nitrogens with one attached hydrogen (secondary N) is 1. The van der Waals surface area contributed by atoms with Crippen molar-refractivity contribution in [1.29, 1.82) is 0 Å². The second-order valence-corrected chi connectivity index (χ2v) is 7.46. The molecule has 2 aliphatic heterocycles. The number of hydrogen-bond acceptors (Lipinski definition) is 6. The molecule has 0 aliphatic carbocycles. The summed E-state index contributed by atoms with van der Waals surface area (Å²) in [6.45, 7) is 1.65. The summed E-state index contributed by atoms with van der Waals surface area (Å²) >= 11 is 0. The molecule has 0 spiro atoms. The maximum atomic E-state index is 11.4. The summed E-state index contributed by atoms with van der Waals surface area (Å²) in [5.41, 5.74) is 7.31. The van der Waals surface area contributed by atoms with Gasteiger partial charge >= 0.3 is 0 Å². The molecule has 20 heavy (non-hydrogen) atoms. The molecule has 1 atom stereocenters. The van der Waals surface area contributed by atoms with Crippen molar-refractivity contribution in [3.05, 3.63) is 12.1 Å². The van der Waals surface area contributed by atoms with Crippen molar-refractivity contribution in [3.63, 3.8) is 0 Å². The van der Waals surface area contributed by atoms with E-state index in [0.29, 0.717) is 43.4 Å². The molecule has 0 aromatic heterocycles. The molecular formula is C13H18N2O4S. The molecule has 0 amide bonds. The largest absolute Gasteiger partial charge is 0.486 e. The number of fused-ring (bicyclic) bond motifs is 1. The van der Waals surface area contributed by atoms with E-state index in [1.54, 1.807) is 6.07 Å². The van der Waals surface area contributed by atoms with Crippen molar-refractivity contribution in [1.82, 2.24) is 0 Å². The number of sulfone groups is 1. The smallest absolute Gasteiger partial charge is 0.163 e. The molecule has 1 unspecified atom stereocenters. The molecule has 6 nitrogen and oxygen atoms in total. The summed E-state index contributed by atoms with van der Waals surface area (Å²) in [6.07, 6.45) is 0.708. The van der Waals surface area contributed by atoms with Crippen LogP contribution in [0.25, 0.3) is 0 Å². The van der Waals surface area contributed by atoms with Crippen LogP contribution in [0.3, 0.4) is 0 Å². The van der Waals surface area contributed by atoms with E-state index in [4.69, 9.17) is 15.2 Å². The third-order valence-electron chi connectivity index (χ3n) is 3.62. The van der Waals surface area contributed by atoms with E-state index < -0.39 is 9.84 Å². The molecule has 1 aromatic carbocycles. The van der Waals surface area contributed by atoms with Crippen molar-refractivity contribution in [2.75, 3.05) is 42.3 Å². The number of ether oxygens (including phenoxy) is 2. The first-order chi connectivity index (χ1) is 9.53. The topological polar surface area (TPSA) is 90.7 Å². The minimum absolute atomic E-state index is 0.146. The number of hydrogen-bond donors (Lipinski definition) is 2. The molecule has 1 saturated heterocycles. The highest BCUT2D eigenvalue weighted by Crippen LogP contribution is 2.37. The molecule has 3 rings (SSSR count). The third kappa shape index (κ3) is 2.77. The summed E-state index contributed by atoms with van der Waals surface area (Å²) in [6, 6.07) is 3.55. The minimum Gasteiger partial charge on any atom is -0.486 e. The van der Waals surface area contributed by atoms with Gasteiger partial charge in [-0.1, -0.05) is 0 Å². The van der Waals surface area contributed by atoms with Gasteiger partial charge in [0.25, 0.3) is 0 Å². The van der Waals surface area contributed by atoms with Crippen molar-refractivity contribution < 1.29 is 17.9 Å². The Labute approximate surface area is 118 Å². The van der Waals surface area contributed by atoms with Crippen LogP contribution in [0.4, 0.5) is 11.4 Å². The maximum Gasteiger partial charge on any atom is 0.163 e. The quantitative estimate of drug-likeness (QED) is 0.805. The van der Waals surface area contributed by atoms with Crippen LogP contribution < -0.4 is 20.5 Å². The van der Waals surface area contributed by atoms with E-state index in [1.165, 1.54) is 0 Å². The van der Waals surface area contributed by atoms with E-state index >= 15 is 0 Å². The lowest BCUT2D eigenvalue weighted by molar-refractivity contribution is 0.172. The highest BCUT2D eigenvalue weighted by molar-refractivity contribution is 7.91. The predicted molar refractivity (Wildman–Crippen MR) is 77.1 cm³/mol. The average Bonchev–Trinajstić information content (AvgIpc) is 2.76. The Bertz CT molecular complexity index is 615. The first kappa shape index (κ1) is 13.4. The number of nitrogens with two attached hydrogens (primary N) is 1. The van der Waals surface area contributed by atoms with Crippen LogP contribution in [0.1, 0.15) is 6.42 Å². The van der Waals surface area contributed by atoms with E-state index in [9.17, 15) is 8.42 Å². The standard InChI is InChI=1S/C13H18N2O4S/c14-10-5-12-13(19-3-2-18-12)6-11(10)15-7-9-1-4-20(16,17)8-9/h5-6,9,15H,1-4,7-8,14H2. The molecule has 1 aromatic rings. The highest BCUT2D eigenvalue weighted by atomic mass is 32.2. The lowest BCUT2D eigenvalue weighted by Crippen LogP contribution is -2.18. The van der Waals surface area contributed by atoms with Gasteiger partial charge in [0.05, 0.1) is 22.9 Å². The van der Waals surface area contributed by atoms with Crippen LogP contribution in [-0.2, 0) is 9.84 Å². The normalized spacial score (nSPS) is 23.5. The Kier molecular flexibility index (Phi) is 3.37. The van der Waals surface area contributed by atoms with Gasteiger partial charge in [0, 0.05) is 18.7 Å². The van der Waals surface area contributed by atoms with Crippen LogP contribution in [0.2, 0.25) is 0 Å². The van der Waals surface area contributed by atoms with Gasteiger partial charge in [-0.15, -0.1) is 0 Å². The molecule has 3 N–H and O–H groups in total. The monoisotopic (exact) mass is 298 g/mol. The first-order valence-corrected chi connectivity index (χ1v) is 8.49. The number of rotatable bonds is 3. The van der Waals surface area contributed by atoms with Gasteiger partial charge in [-0.2, -0.15) is 0 Å². The van der Waals surface area contributed by atoms with Gasteiger partial charge in [0.15, 0.2) is 21.3 Å². The van der Waals surface area contributed by atoms with Crippen molar-refractivity contribution in [3.8, 4) is 11.5 Å². The Balaban J connectivity index is 1.68. The Morgan fingerprint density at radius 3 is 2.60 bits per heavy atom. The lowest BCUT2D eigenvalue weighted by atomic mass is 10.1. The Morgan fingerprint density at radius 2 is 1.95 bits per heavy atom. The van der Waals surface area contributed by atoms with Crippen LogP contribution in [0.5, 0.6) is 11.5 Å². The lowest BCUT2D eigenvalue weighted by Gasteiger charge is -2.21. The molecule has 0 saturated carbocycles. The zero-order valence-electron chi connectivity index (χ0n) is 11.1. The zero-order valence-corrected chi connectivity index (χ0v) is 11.9. The fourth-order valence-corrected chi connectivity index (χ4v) is 4.41. The molecule has 7 heteroatoms. The molecular weight excluding hydrogens is 280 g/mol. The van der Waals surface area contributed by atoms with Gasteiger partial charge in [-0.25, -0.2) is 8.42 Å². The second-order valence-electron chi connectivity index (χ2n) is 5.23. The zero-order chi connectivity index (χ0) is 14.2. The second kappa shape index (κ2) is 5.05.